The van der Waals surface area contributed by atoms with Crippen LogP contribution in [0.25, 0.3) is 10.6 Å². The molecule has 0 spiro atoms. The fourth-order valence-electron chi connectivity index (χ4n) is 1.73. The largest absolute Gasteiger partial charge is 0.471 e. The predicted octanol–water partition coefficient (Wildman–Crippen LogP) is 4.25. The normalized spacial score (nSPS) is 15.3. The molecule has 1 amide bonds. The van der Waals surface area contributed by atoms with Gasteiger partial charge in [0.25, 0.3) is 0 Å². The van der Waals surface area contributed by atoms with Gasteiger partial charge in [0, 0.05) is 5.38 Å². The first-order chi connectivity index (χ1) is 9.43. The van der Waals surface area contributed by atoms with Crippen molar-refractivity contribution in [1.29, 1.82) is 0 Å². The molecule has 1 saturated carbocycles. The Hall–Kier alpha value is -1.41. The highest BCUT2D eigenvalue weighted by molar-refractivity contribution is 7.16. The van der Waals surface area contributed by atoms with Gasteiger partial charge in [0.05, 0.1) is 10.6 Å². The molecule has 0 radical (unpaired) electrons. The van der Waals surface area contributed by atoms with E-state index >= 15 is 0 Å². The summed E-state index contributed by atoms with van der Waals surface area (Å²) < 4.78 is 36.4. The minimum absolute atomic E-state index is 0.0382. The van der Waals surface area contributed by atoms with E-state index in [0.717, 1.165) is 16.2 Å². The van der Waals surface area contributed by atoms with Crippen molar-refractivity contribution in [3.05, 3.63) is 22.4 Å². The van der Waals surface area contributed by atoms with E-state index in [0.29, 0.717) is 11.6 Å². The first kappa shape index (κ1) is 13.6. The molecule has 8 heteroatoms. The molecule has 0 aromatic carbocycles. The number of carbonyl (C=O) groups excluding carboxylic acids is 1. The number of anilines is 1. The van der Waals surface area contributed by atoms with Crippen molar-refractivity contribution < 1.29 is 18.0 Å². The van der Waals surface area contributed by atoms with E-state index in [1.165, 1.54) is 29.7 Å². The van der Waals surface area contributed by atoms with Gasteiger partial charge in [-0.05, 0) is 35.8 Å². The molecule has 20 heavy (non-hydrogen) atoms. The van der Waals surface area contributed by atoms with Crippen LogP contribution in [0.4, 0.5) is 18.3 Å². The summed E-state index contributed by atoms with van der Waals surface area (Å²) in [6.45, 7) is 0. The number of aromatic nitrogens is 1. The molecule has 106 valence electrons. The fourth-order valence-corrected chi connectivity index (χ4v) is 3.46. The Bertz CT molecular complexity index is 643. The maximum absolute atomic E-state index is 12.1. The molecule has 2 heterocycles. The van der Waals surface area contributed by atoms with E-state index in [1.807, 2.05) is 6.07 Å². The predicted molar refractivity (Wildman–Crippen MR) is 72.1 cm³/mol. The molecule has 0 saturated heterocycles. The van der Waals surface area contributed by atoms with Crippen molar-refractivity contribution in [2.75, 3.05) is 5.32 Å². The summed E-state index contributed by atoms with van der Waals surface area (Å²) in [5.74, 6) is -1.37. The monoisotopic (exact) mass is 318 g/mol. The SMILES string of the molecule is O=C(Nc1nc(-c2cc(C3CC3)cs2)cs1)C(F)(F)F. The second-order valence-corrected chi connectivity index (χ2v) is 6.28. The van der Waals surface area contributed by atoms with Crippen LogP contribution in [0.2, 0.25) is 0 Å². The fraction of sp³-hybridized carbons (Fsp3) is 0.333. The van der Waals surface area contributed by atoms with Gasteiger partial charge in [0.1, 0.15) is 0 Å². The lowest BCUT2D eigenvalue weighted by Gasteiger charge is -2.04. The van der Waals surface area contributed by atoms with Crippen LogP contribution in [0.3, 0.4) is 0 Å². The quantitative estimate of drug-likeness (QED) is 0.919. The number of hydrogen-bond acceptors (Lipinski definition) is 4. The number of amides is 1. The second-order valence-electron chi connectivity index (χ2n) is 4.51. The highest BCUT2D eigenvalue weighted by Crippen LogP contribution is 2.43. The van der Waals surface area contributed by atoms with Crippen molar-refractivity contribution >= 4 is 33.7 Å². The third-order valence-electron chi connectivity index (χ3n) is 2.90. The highest BCUT2D eigenvalue weighted by atomic mass is 32.1. The van der Waals surface area contributed by atoms with Crippen LogP contribution in [0, 0.1) is 0 Å². The van der Waals surface area contributed by atoms with Gasteiger partial charge in [-0.25, -0.2) is 4.98 Å². The Labute approximate surface area is 120 Å². The third-order valence-corrected chi connectivity index (χ3v) is 4.63. The van der Waals surface area contributed by atoms with Crippen LogP contribution in [-0.4, -0.2) is 17.1 Å². The molecule has 0 atom stereocenters. The summed E-state index contributed by atoms with van der Waals surface area (Å²) in [7, 11) is 0. The molecule has 1 aliphatic carbocycles. The molecule has 2 aromatic heterocycles. The summed E-state index contributed by atoms with van der Waals surface area (Å²) in [6, 6.07) is 2.02. The number of alkyl halides is 3. The maximum atomic E-state index is 12.1. The van der Waals surface area contributed by atoms with Crippen LogP contribution >= 0.6 is 22.7 Å². The average molecular weight is 318 g/mol. The van der Waals surface area contributed by atoms with Crippen LogP contribution in [-0.2, 0) is 4.79 Å². The zero-order valence-corrected chi connectivity index (χ0v) is 11.7. The van der Waals surface area contributed by atoms with E-state index in [2.05, 4.69) is 10.4 Å². The molecule has 3 rings (SSSR count). The number of thiazole rings is 1. The molecule has 3 nitrogen and oxygen atoms in total. The maximum Gasteiger partial charge on any atom is 0.471 e. The zero-order chi connectivity index (χ0) is 14.3. The zero-order valence-electron chi connectivity index (χ0n) is 10.0. The van der Waals surface area contributed by atoms with Crippen LogP contribution < -0.4 is 5.32 Å². The number of hydrogen-bond donors (Lipinski definition) is 1. The standard InChI is InChI=1S/C12H9F3N2OS2/c13-12(14,15)10(18)17-11-16-8(5-20-11)9-3-7(4-19-9)6-1-2-6/h3-6H,1-2H2,(H,16,17,18). The lowest BCUT2D eigenvalue weighted by atomic mass is 10.2. The molecule has 0 unspecified atom stereocenters. The van der Waals surface area contributed by atoms with Gasteiger partial charge < -0.3 is 0 Å². The van der Waals surface area contributed by atoms with E-state index in [9.17, 15) is 18.0 Å². The third kappa shape index (κ3) is 2.85. The van der Waals surface area contributed by atoms with Crippen LogP contribution in [0.15, 0.2) is 16.8 Å². The Kier molecular flexibility index (Phi) is 3.29. The molecule has 1 N–H and O–H groups in total. The van der Waals surface area contributed by atoms with Crippen LogP contribution in [0.1, 0.15) is 24.3 Å². The number of halogens is 3. The molecule has 1 aliphatic rings. The van der Waals surface area contributed by atoms with Gasteiger partial charge in [-0.15, -0.1) is 22.7 Å². The van der Waals surface area contributed by atoms with E-state index in [4.69, 9.17) is 0 Å². The van der Waals surface area contributed by atoms with Crippen molar-refractivity contribution in [2.45, 2.75) is 24.9 Å². The number of rotatable bonds is 3. The van der Waals surface area contributed by atoms with Gasteiger partial charge in [-0.2, -0.15) is 13.2 Å². The van der Waals surface area contributed by atoms with Crippen LogP contribution in [0.5, 0.6) is 0 Å². The lowest BCUT2D eigenvalue weighted by Crippen LogP contribution is -2.29. The molecular formula is C12H9F3N2OS2. The van der Waals surface area contributed by atoms with E-state index in [-0.39, 0.29) is 5.13 Å². The van der Waals surface area contributed by atoms with E-state index < -0.39 is 12.1 Å². The van der Waals surface area contributed by atoms with Gasteiger partial charge in [-0.3, -0.25) is 10.1 Å². The number of nitrogens with one attached hydrogen (secondary N) is 1. The molecular weight excluding hydrogens is 309 g/mol. The Morgan fingerprint density at radius 3 is 2.70 bits per heavy atom. The van der Waals surface area contributed by atoms with Gasteiger partial charge in [-0.1, -0.05) is 0 Å². The minimum atomic E-state index is -4.89. The smallest absolute Gasteiger partial charge is 0.294 e. The van der Waals surface area contributed by atoms with Gasteiger partial charge in [0.15, 0.2) is 5.13 Å². The summed E-state index contributed by atoms with van der Waals surface area (Å²) >= 11 is 2.50. The summed E-state index contributed by atoms with van der Waals surface area (Å²) in [5.41, 5.74) is 1.86. The topological polar surface area (TPSA) is 42.0 Å². The second kappa shape index (κ2) is 4.85. The van der Waals surface area contributed by atoms with Crippen molar-refractivity contribution in [1.82, 2.24) is 4.98 Å². The highest BCUT2D eigenvalue weighted by Gasteiger charge is 2.39. The number of thiophene rings is 1. The van der Waals surface area contributed by atoms with Crippen molar-refractivity contribution in [3.8, 4) is 10.6 Å². The van der Waals surface area contributed by atoms with Gasteiger partial charge >= 0.3 is 12.1 Å². The van der Waals surface area contributed by atoms with Gasteiger partial charge in [0.2, 0.25) is 0 Å². The lowest BCUT2D eigenvalue weighted by molar-refractivity contribution is -0.167. The Morgan fingerprint density at radius 1 is 1.30 bits per heavy atom. The average Bonchev–Trinajstić information content (AvgIpc) is 2.92. The molecule has 2 aromatic rings. The summed E-state index contributed by atoms with van der Waals surface area (Å²) in [5, 5.41) is 5.43. The van der Waals surface area contributed by atoms with Crippen molar-refractivity contribution in [2.24, 2.45) is 0 Å². The summed E-state index contributed by atoms with van der Waals surface area (Å²) in [4.78, 5) is 15.8. The first-order valence-electron chi connectivity index (χ1n) is 5.86. The number of nitrogens with zero attached hydrogens (tertiary/aromatic N) is 1. The summed E-state index contributed by atoms with van der Waals surface area (Å²) in [6.07, 6.45) is -2.51. The first-order valence-corrected chi connectivity index (χ1v) is 7.62. The minimum Gasteiger partial charge on any atom is -0.294 e. The van der Waals surface area contributed by atoms with Crippen molar-refractivity contribution in [3.63, 3.8) is 0 Å². The number of carbonyl (C=O) groups is 1. The van der Waals surface area contributed by atoms with E-state index in [1.54, 1.807) is 10.7 Å². The molecule has 0 aliphatic heterocycles. The Balaban J connectivity index is 1.74. The molecule has 0 bridgehead atoms. The Morgan fingerprint density at radius 2 is 2.05 bits per heavy atom. The molecule has 1 fully saturated rings.